The summed E-state index contributed by atoms with van der Waals surface area (Å²) in [5.74, 6) is -1.42. The van der Waals surface area contributed by atoms with E-state index in [0.29, 0.717) is 5.69 Å². The van der Waals surface area contributed by atoms with E-state index in [-0.39, 0.29) is 29.6 Å². The molecule has 2 rings (SSSR count). The van der Waals surface area contributed by atoms with Gasteiger partial charge in [0.2, 0.25) is 11.8 Å². The lowest BCUT2D eigenvalue weighted by Crippen LogP contribution is -2.57. The summed E-state index contributed by atoms with van der Waals surface area (Å²) in [6.07, 6.45) is 0. The van der Waals surface area contributed by atoms with Crippen LogP contribution >= 0.6 is 0 Å². The fraction of sp³-hybridized carbons (Fsp3) is 0.250. The molecule has 3 amide bonds. The first kappa shape index (κ1) is 12.9. The molecule has 0 radical (unpaired) electrons. The van der Waals surface area contributed by atoms with Crippen molar-refractivity contribution >= 4 is 29.1 Å². The molecular formula is C12H14N4O3. The van der Waals surface area contributed by atoms with Crippen LogP contribution in [-0.4, -0.2) is 30.3 Å². The van der Waals surface area contributed by atoms with Crippen molar-refractivity contribution in [2.75, 3.05) is 17.2 Å². The molecular weight excluding hydrogens is 248 g/mol. The normalized spacial score (nSPS) is 19.2. The number of benzene rings is 1. The Morgan fingerprint density at radius 1 is 1.42 bits per heavy atom. The highest BCUT2D eigenvalue weighted by atomic mass is 16.2. The van der Waals surface area contributed by atoms with Crippen molar-refractivity contribution in [2.24, 2.45) is 5.73 Å². The molecule has 0 bridgehead atoms. The highest BCUT2D eigenvalue weighted by molar-refractivity contribution is 6.05. The number of nitrogens with zero attached hydrogens (tertiary/aromatic N) is 1. The Balaban J connectivity index is 2.40. The minimum absolute atomic E-state index is 0.0367. The van der Waals surface area contributed by atoms with Crippen LogP contribution < -0.4 is 21.7 Å². The van der Waals surface area contributed by atoms with Crippen molar-refractivity contribution in [3.05, 3.63) is 23.8 Å². The first-order valence-corrected chi connectivity index (χ1v) is 5.70. The lowest BCUT2D eigenvalue weighted by molar-refractivity contribution is -0.132. The highest BCUT2D eigenvalue weighted by Gasteiger charge is 2.30. The van der Waals surface area contributed by atoms with E-state index in [0.717, 1.165) is 0 Å². The van der Waals surface area contributed by atoms with Crippen molar-refractivity contribution in [1.82, 2.24) is 5.32 Å². The largest absolute Gasteiger partial charge is 0.398 e. The van der Waals surface area contributed by atoms with Gasteiger partial charge in [-0.3, -0.25) is 19.7 Å². The summed E-state index contributed by atoms with van der Waals surface area (Å²) in [6.45, 7) is 1.71. The summed E-state index contributed by atoms with van der Waals surface area (Å²) in [5, 5.41) is 2.24. The van der Waals surface area contributed by atoms with Crippen LogP contribution in [0.5, 0.6) is 0 Å². The third-order valence-corrected chi connectivity index (χ3v) is 3.06. The van der Waals surface area contributed by atoms with Crippen LogP contribution in [0, 0.1) is 0 Å². The Labute approximate surface area is 109 Å². The lowest BCUT2D eigenvalue weighted by atomic mass is 10.1. The van der Waals surface area contributed by atoms with Gasteiger partial charge in [0, 0.05) is 11.4 Å². The van der Waals surface area contributed by atoms with Crippen molar-refractivity contribution in [2.45, 2.75) is 13.0 Å². The number of hydrogen-bond donors (Lipinski definition) is 3. The van der Waals surface area contributed by atoms with E-state index in [4.69, 9.17) is 11.5 Å². The molecule has 0 spiro atoms. The van der Waals surface area contributed by atoms with E-state index >= 15 is 0 Å². The number of imide groups is 1. The van der Waals surface area contributed by atoms with E-state index in [9.17, 15) is 14.4 Å². The summed E-state index contributed by atoms with van der Waals surface area (Å²) in [7, 11) is 0. The molecule has 1 fully saturated rings. The Morgan fingerprint density at radius 2 is 2.11 bits per heavy atom. The van der Waals surface area contributed by atoms with Gasteiger partial charge in [0.1, 0.15) is 6.04 Å². The Hall–Kier alpha value is -2.57. The van der Waals surface area contributed by atoms with Crippen LogP contribution in [-0.2, 0) is 9.59 Å². The second-order valence-corrected chi connectivity index (χ2v) is 4.35. The van der Waals surface area contributed by atoms with Gasteiger partial charge >= 0.3 is 0 Å². The van der Waals surface area contributed by atoms with Crippen LogP contribution in [0.4, 0.5) is 11.4 Å². The highest BCUT2D eigenvalue weighted by Crippen LogP contribution is 2.23. The van der Waals surface area contributed by atoms with E-state index in [1.807, 2.05) is 0 Å². The number of amides is 3. The average molecular weight is 262 g/mol. The smallest absolute Gasteiger partial charge is 0.250 e. The van der Waals surface area contributed by atoms with Crippen LogP contribution in [0.3, 0.4) is 0 Å². The third kappa shape index (κ3) is 2.35. The predicted molar refractivity (Wildman–Crippen MR) is 69.3 cm³/mol. The molecule has 0 aliphatic carbocycles. The SMILES string of the molecule is CC1C(=O)NC(=O)CN1c1ccc(N)c(C(N)=O)c1. The summed E-state index contributed by atoms with van der Waals surface area (Å²) in [4.78, 5) is 35.8. The first-order valence-electron chi connectivity index (χ1n) is 5.70. The van der Waals surface area contributed by atoms with Crippen molar-refractivity contribution in [3.63, 3.8) is 0 Å². The predicted octanol–water partition coefficient (Wildman–Crippen LogP) is -0.781. The average Bonchev–Trinajstić information content (AvgIpc) is 2.34. The molecule has 0 saturated carbocycles. The second kappa shape index (κ2) is 4.60. The van der Waals surface area contributed by atoms with E-state index in [1.54, 1.807) is 17.9 Å². The maximum Gasteiger partial charge on any atom is 0.250 e. The molecule has 1 aromatic carbocycles. The molecule has 1 aliphatic rings. The maximum atomic E-state index is 11.6. The minimum Gasteiger partial charge on any atom is -0.398 e. The molecule has 5 N–H and O–H groups in total. The second-order valence-electron chi connectivity index (χ2n) is 4.35. The minimum atomic E-state index is -0.653. The standard InChI is InChI=1S/C12H14N4O3/c1-6-12(19)15-10(17)5-16(6)7-2-3-9(13)8(4-7)11(14)18/h2-4,6H,5,13H2,1H3,(H2,14,18)(H,15,17,19). The van der Waals surface area contributed by atoms with Gasteiger partial charge in [0.15, 0.2) is 0 Å². The Bertz CT molecular complexity index is 570. The zero-order chi connectivity index (χ0) is 14.2. The van der Waals surface area contributed by atoms with E-state index in [1.165, 1.54) is 12.1 Å². The number of anilines is 2. The number of primary amides is 1. The number of nitrogens with two attached hydrogens (primary N) is 2. The molecule has 7 heteroatoms. The zero-order valence-corrected chi connectivity index (χ0v) is 10.3. The molecule has 19 heavy (non-hydrogen) atoms. The Kier molecular flexibility index (Phi) is 3.12. The van der Waals surface area contributed by atoms with Crippen molar-refractivity contribution in [3.8, 4) is 0 Å². The molecule has 0 aromatic heterocycles. The molecule has 1 atom stereocenters. The van der Waals surface area contributed by atoms with Gasteiger partial charge in [0.25, 0.3) is 5.91 Å². The fourth-order valence-corrected chi connectivity index (χ4v) is 1.97. The van der Waals surface area contributed by atoms with Crippen molar-refractivity contribution < 1.29 is 14.4 Å². The number of nitrogen functional groups attached to an aromatic ring is 1. The molecule has 1 saturated heterocycles. The van der Waals surface area contributed by atoms with Gasteiger partial charge in [0.05, 0.1) is 12.1 Å². The number of rotatable bonds is 2. The molecule has 7 nitrogen and oxygen atoms in total. The first-order chi connectivity index (χ1) is 8.90. The van der Waals surface area contributed by atoms with Gasteiger partial charge < -0.3 is 16.4 Å². The summed E-state index contributed by atoms with van der Waals surface area (Å²) in [6, 6.07) is 4.14. The maximum absolute atomic E-state index is 11.6. The summed E-state index contributed by atoms with van der Waals surface area (Å²) >= 11 is 0. The lowest BCUT2D eigenvalue weighted by Gasteiger charge is -2.33. The van der Waals surface area contributed by atoms with Crippen molar-refractivity contribution in [1.29, 1.82) is 0 Å². The summed E-state index contributed by atoms with van der Waals surface area (Å²) < 4.78 is 0. The quantitative estimate of drug-likeness (QED) is 0.477. The van der Waals surface area contributed by atoms with Crippen LogP contribution in [0.25, 0.3) is 0 Å². The van der Waals surface area contributed by atoms with E-state index in [2.05, 4.69) is 5.32 Å². The Morgan fingerprint density at radius 3 is 2.74 bits per heavy atom. The number of carbonyl (C=O) groups is 3. The fourth-order valence-electron chi connectivity index (χ4n) is 1.97. The molecule has 1 aliphatic heterocycles. The summed E-state index contributed by atoms with van der Waals surface area (Å²) in [5.41, 5.74) is 11.8. The molecule has 1 heterocycles. The number of hydrogen-bond acceptors (Lipinski definition) is 5. The topological polar surface area (TPSA) is 119 Å². The van der Waals surface area contributed by atoms with E-state index < -0.39 is 11.9 Å². The van der Waals surface area contributed by atoms with Gasteiger partial charge in [-0.25, -0.2) is 0 Å². The third-order valence-electron chi connectivity index (χ3n) is 3.06. The van der Waals surface area contributed by atoms with Gasteiger partial charge in [-0.2, -0.15) is 0 Å². The monoisotopic (exact) mass is 262 g/mol. The number of piperazine rings is 1. The van der Waals surface area contributed by atoms with Crippen LogP contribution in [0.1, 0.15) is 17.3 Å². The molecule has 1 unspecified atom stereocenters. The zero-order valence-electron chi connectivity index (χ0n) is 10.3. The van der Waals surface area contributed by atoms with Crippen LogP contribution in [0.15, 0.2) is 18.2 Å². The molecule has 100 valence electrons. The number of carbonyl (C=O) groups excluding carboxylic acids is 3. The van der Waals surface area contributed by atoms with Gasteiger partial charge in [-0.1, -0.05) is 0 Å². The molecule has 1 aromatic rings. The van der Waals surface area contributed by atoms with Crippen LogP contribution in [0.2, 0.25) is 0 Å². The van der Waals surface area contributed by atoms with Gasteiger partial charge in [-0.05, 0) is 25.1 Å². The van der Waals surface area contributed by atoms with Gasteiger partial charge in [-0.15, -0.1) is 0 Å². The number of nitrogens with one attached hydrogen (secondary N) is 1.